The zero-order chi connectivity index (χ0) is 11.7. The fraction of sp³-hybridized carbons (Fsp3) is 0.909. The molecule has 0 bridgehead atoms. The second-order valence-corrected chi connectivity index (χ2v) is 5.50. The van der Waals surface area contributed by atoms with E-state index < -0.39 is 11.1 Å². The first-order chi connectivity index (χ1) is 6.73. The first-order valence-electron chi connectivity index (χ1n) is 5.51. The number of hydrogen-bond donors (Lipinski definition) is 2. The van der Waals surface area contributed by atoms with Crippen molar-refractivity contribution < 1.29 is 9.53 Å². The molecular formula is C11H22N2O2. The monoisotopic (exact) mass is 214 g/mol. The van der Waals surface area contributed by atoms with Gasteiger partial charge in [0.05, 0.1) is 0 Å². The molecule has 1 saturated carbocycles. The predicted molar refractivity (Wildman–Crippen MR) is 59.2 cm³/mol. The Morgan fingerprint density at radius 1 is 1.33 bits per heavy atom. The van der Waals surface area contributed by atoms with Crippen LogP contribution in [0.1, 0.15) is 46.5 Å². The first kappa shape index (κ1) is 12.5. The van der Waals surface area contributed by atoms with Crippen LogP contribution in [0.5, 0.6) is 0 Å². The Bertz CT molecular complexity index is 237. The fourth-order valence-corrected chi connectivity index (χ4v) is 1.74. The van der Waals surface area contributed by atoms with Crippen molar-refractivity contribution in [3.8, 4) is 0 Å². The average Bonchev–Trinajstić information content (AvgIpc) is 2.07. The molecule has 15 heavy (non-hydrogen) atoms. The van der Waals surface area contributed by atoms with Gasteiger partial charge in [0.1, 0.15) is 11.1 Å². The molecule has 4 heteroatoms. The summed E-state index contributed by atoms with van der Waals surface area (Å²) in [6.45, 7) is 5.55. The molecule has 0 unspecified atom stereocenters. The third kappa shape index (κ3) is 3.47. The van der Waals surface area contributed by atoms with Crippen LogP contribution in [0, 0.1) is 0 Å². The molecule has 0 heterocycles. The molecule has 0 radical (unpaired) electrons. The van der Waals surface area contributed by atoms with Crippen LogP contribution in [-0.4, -0.2) is 23.2 Å². The SMILES string of the molecule is CC(C)(C)OC(=O)[C@]1(N)CC[C@@H](N)CC1. The van der Waals surface area contributed by atoms with Crippen molar-refractivity contribution in [3.05, 3.63) is 0 Å². The molecular weight excluding hydrogens is 192 g/mol. The van der Waals surface area contributed by atoms with Crippen molar-refractivity contribution in [1.29, 1.82) is 0 Å². The highest BCUT2D eigenvalue weighted by Gasteiger charge is 2.40. The van der Waals surface area contributed by atoms with E-state index in [0.29, 0.717) is 12.8 Å². The summed E-state index contributed by atoms with van der Waals surface area (Å²) in [5.74, 6) is -0.290. The van der Waals surface area contributed by atoms with E-state index in [-0.39, 0.29) is 12.0 Å². The lowest BCUT2D eigenvalue weighted by Gasteiger charge is -2.35. The number of esters is 1. The minimum atomic E-state index is -0.816. The molecule has 0 aromatic rings. The highest BCUT2D eigenvalue weighted by atomic mass is 16.6. The van der Waals surface area contributed by atoms with E-state index in [2.05, 4.69) is 0 Å². The summed E-state index contributed by atoms with van der Waals surface area (Å²) < 4.78 is 5.31. The van der Waals surface area contributed by atoms with E-state index in [9.17, 15) is 4.79 Å². The normalized spacial score (nSPS) is 32.5. The van der Waals surface area contributed by atoms with E-state index in [0.717, 1.165) is 12.8 Å². The molecule has 1 aliphatic carbocycles. The van der Waals surface area contributed by atoms with E-state index >= 15 is 0 Å². The summed E-state index contributed by atoms with van der Waals surface area (Å²) in [5, 5.41) is 0. The van der Waals surface area contributed by atoms with Crippen molar-refractivity contribution >= 4 is 5.97 Å². The van der Waals surface area contributed by atoms with Gasteiger partial charge in [0.25, 0.3) is 0 Å². The quantitative estimate of drug-likeness (QED) is 0.636. The molecule has 0 aromatic carbocycles. The highest BCUT2D eigenvalue weighted by molar-refractivity contribution is 5.81. The van der Waals surface area contributed by atoms with Crippen LogP contribution < -0.4 is 11.5 Å². The fourth-order valence-electron chi connectivity index (χ4n) is 1.74. The molecule has 1 aliphatic rings. The topological polar surface area (TPSA) is 78.3 Å². The van der Waals surface area contributed by atoms with Gasteiger partial charge in [-0.1, -0.05) is 0 Å². The Morgan fingerprint density at radius 2 is 1.80 bits per heavy atom. The van der Waals surface area contributed by atoms with E-state index in [4.69, 9.17) is 16.2 Å². The second kappa shape index (κ2) is 4.10. The average molecular weight is 214 g/mol. The molecule has 4 nitrogen and oxygen atoms in total. The maximum atomic E-state index is 11.9. The maximum Gasteiger partial charge on any atom is 0.326 e. The lowest BCUT2D eigenvalue weighted by atomic mass is 9.80. The van der Waals surface area contributed by atoms with Gasteiger partial charge in [0, 0.05) is 6.04 Å². The van der Waals surface area contributed by atoms with Gasteiger partial charge < -0.3 is 16.2 Å². The number of hydrogen-bond acceptors (Lipinski definition) is 4. The van der Waals surface area contributed by atoms with Gasteiger partial charge in [-0.25, -0.2) is 0 Å². The number of carbonyl (C=O) groups is 1. The maximum absolute atomic E-state index is 11.9. The zero-order valence-corrected chi connectivity index (χ0v) is 9.88. The van der Waals surface area contributed by atoms with Crippen molar-refractivity contribution in [3.63, 3.8) is 0 Å². The Hall–Kier alpha value is -0.610. The highest BCUT2D eigenvalue weighted by Crippen LogP contribution is 2.28. The van der Waals surface area contributed by atoms with Crippen molar-refractivity contribution in [1.82, 2.24) is 0 Å². The van der Waals surface area contributed by atoms with Crippen molar-refractivity contribution in [2.45, 2.75) is 63.6 Å². The summed E-state index contributed by atoms with van der Waals surface area (Å²) in [5.41, 5.74) is 10.5. The third-order valence-electron chi connectivity index (χ3n) is 2.73. The minimum Gasteiger partial charge on any atom is -0.459 e. The molecule has 88 valence electrons. The van der Waals surface area contributed by atoms with Gasteiger partial charge in [0.2, 0.25) is 0 Å². The molecule has 0 aliphatic heterocycles. The molecule has 1 rings (SSSR count). The lowest BCUT2D eigenvalue weighted by Crippen LogP contribution is -2.54. The van der Waals surface area contributed by atoms with E-state index in [1.807, 2.05) is 20.8 Å². The van der Waals surface area contributed by atoms with Gasteiger partial charge >= 0.3 is 5.97 Å². The third-order valence-corrected chi connectivity index (χ3v) is 2.73. The Kier molecular flexibility index (Phi) is 3.41. The lowest BCUT2D eigenvalue weighted by molar-refractivity contribution is -0.163. The van der Waals surface area contributed by atoms with Crippen molar-refractivity contribution in [2.24, 2.45) is 11.5 Å². The van der Waals surface area contributed by atoms with Crippen LogP contribution in [-0.2, 0) is 9.53 Å². The van der Waals surface area contributed by atoms with Crippen LogP contribution >= 0.6 is 0 Å². The zero-order valence-electron chi connectivity index (χ0n) is 9.88. The van der Waals surface area contributed by atoms with Gasteiger partial charge in [-0.15, -0.1) is 0 Å². The van der Waals surface area contributed by atoms with Crippen LogP contribution in [0.3, 0.4) is 0 Å². The summed E-state index contributed by atoms with van der Waals surface area (Å²) in [6, 6.07) is 0.184. The molecule has 0 saturated heterocycles. The number of rotatable bonds is 1. The minimum absolute atomic E-state index is 0.184. The Morgan fingerprint density at radius 3 is 2.20 bits per heavy atom. The summed E-state index contributed by atoms with van der Waals surface area (Å²) in [6.07, 6.45) is 2.86. The Labute approximate surface area is 91.3 Å². The van der Waals surface area contributed by atoms with Crippen LogP contribution in [0.4, 0.5) is 0 Å². The Balaban J connectivity index is 2.58. The first-order valence-corrected chi connectivity index (χ1v) is 5.51. The van der Waals surface area contributed by atoms with E-state index in [1.165, 1.54) is 0 Å². The molecule has 0 aromatic heterocycles. The van der Waals surface area contributed by atoms with Gasteiger partial charge in [-0.2, -0.15) is 0 Å². The van der Waals surface area contributed by atoms with Gasteiger partial charge in [-0.05, 0) is 46.5 Å². The van der Waals surface area contributed by atoms with Crippen molar-refractivity contribution in [2.75, 3.05) is 0 Å². The second-order valence-electron chi connectivity index (χ2n) is 5.50. The predicted octanol–water partition coefficient (Wildman–Crippen LogP) is 0.927. The van der Waals surface area contributed by atoms with Gasteiger partial charge in [0.15, 0.2) is 0 Å². The summed E-state index contributed by atoms with van der Waals surface area (Å²) in [4.78, 5) is 11.9. The molecule has 0 amide bonds. The van der Waals surface area contributed by atoms with Crippen LogP contribution in [0.15, 0.2) is 0 Å². The molecule has 1 fully saturated rings. The molecule has 0 spiro atoms. The van der Waals surface area contributed by atoms with Crippen LogP contribution in [0.25, 0.3) is 0 Å². The van der Waals surface area contributed by atoms with E-state index in [1.54, 1.807) is 0 Å². The largest absolute Gasteiger partial charge is 0.459 e. The standard InChI is InChI=1S/C11H22N2O2/c1-10(2,3)15-9(14)11(13)6-4-8(12)5-7-11/h8H,4-7,12-13H2,1-3H3/t8-,11+. The summed E-state index contributed by atoms with van der Waals surface area (Å²) >= 11 is 0. The molecule has 0 atom stereocenters. The summed E-state index contributed by atoms with van der Waals surface area (Å²) in [7, 11) is 0. The smallest absolute Gasteiger partial charge is 0.326 e. The van der Waals surface area contributed by atoms with Crippen LogP contribution in [0.2, 0.25) is 0 Å². The molecule has 4 N–H and O–H groups in total. The number of ether oxygens (including phenoxy) is 1. The van der Waals surface area contributed by atoms with Gasteiger partial charge in [-0.3, -0.25) is 4.79 Å². The number of nitrogens with two attached hydrogens (primary N) is 2. The number of carbonyl (C=O) groups excluding carboxylic acids is 1.